The van der Waals surface area contributed by atoms with Crippen molar-refractivity contribution in [2.24, 2.45) is 5.92 Å². The van der Waals surface area contributed by atoms with Crippen molar-refractivity contribution >= 4 is 5.97 Å². The first-order valence-corrected chi connectivity index (χ1v) is 9.49. The summed E-state index contributed by atoms with van der Waals surface area (Å²) < 4.78 is 0. The van der Waals surface area contributed by atoms with E-state index in [4.69, 9.17) is 5.11 Å². The number of rotatable bonds is 16. The van der Waals surface area contributed by atoms with Gasteiger partial charge in [0.05, 0.1) is 0 Å². The molecule has 0 heterocycles. The lowest BCUT2D eigenvalue weighted by molar-refractivity contribution is -0.132. The molecule has 0 aromatic rings. The first-order valence-electron chi connectivity index (χ1n) is 9.49. The van der Waals surface area contributed by atoms with Gasteiger partial charge >= 0.3 is 5.97 Å². The van der Waals surface area contributed by atoms with Gasteiger partial charge in [0.25, 0.3) is 0 Å². The van der Waals surface area contributed by atoms with Crippen molar-refractivity contribution in [2.75, 3.05) is 0 Å². The van der Waals surface area contributed by atoms with E-state index in [1.54, 1.807) is 0 Å². The Morgan fingerprint density at radius 2 is 1.32 bits per heavy atom. The largest absolute Gasteiger partial charge is 0.478 e. The van der Waals surface area contributed by atoms with Gasteiger partial charge in [0.1, 0.15) is 0 Å². The topological polar surface area (TPSA) is 37.3 Å². The lowest BCUT2D eigenvalue weighted by Gasteiger charge is -2.11. The van der Waals surface area contributed by atoms with Crippen molar-refractivity contribution in [2.45, 2.75) is 104 Å². The molecular weight excluding hydrogens is 272 g/mol. The maximum absolute atomic E-state index is 10.7. The highest BCUT2D eigenvalue weighted by Crippen LogP contribution is 2.18. The molecule has 0 aromatic carbocycles. The van der Waals surface area contributed by atoms with E-state index in [0.717, 1.165) is 6.42 Å². The molecule has 0 amide bonds. The molecule has 1 unspecified atom stereocenters. The summed E-state index contributed by atoms with van der Waals surface area (Å²) in [6.07, 6.45) is 18.0. The van der Waals surface area contributed by atoms with E-state index < -0.39 is 5.97 Å². The zero-order valence-electron chi connectivity index (χ0n) is 15.0. The van der Waals surface area contributed by atoms with E-state index in [1.807, 2.05) is 0 Å². The summed E-state index contributed by atoms with van der Waals surface area (Å²) in [4.78, 5) is 10.7. The van der Waals surface area contributed by atoms with Crippen molar-refractivity contribution in [3.8, 4) is 0 Å². The van der Waals surface area contributed by atoms with Gasteiger partial charge in [0.2, 0.25) is 0 Å². The van der Waals surface area contributed by atoms with E-state index in [1.165, 1.54) is 77.0 Å². The second kappa shape index (κ2) is 15.1. The predicted octanol–water partition coefficient (Wildman–Crippen LogP) is 6.74. The molecule has 0 spiro atoms. The number of unbranched alkanes of at least 4 members (excludes halogenated alkanes) is 10. The summed E-state index contributed by atoms with van der Waals surface area (Å²) in [6, 6.07) is 0. The monoisotopic (exact) mass is 310 g/mol. The van der Waals surface area contributed by atoms with Crippen LogP contribution in [0.15, 0.2) is 12.2 Å². The number of carbonyl (C=O) groups is 1. The number of hydrogen-bond donors (Lipinski definition) is 1. The molecule has 0 saturated carbocycles. The molecule has 1 atom stereocenters. The summed E-state index contributed by atoms with van der Waals surface area (Å²) >= 11 is 0. The number of hydrogen-bond acceptors (Lipinski definition) is 1. The Kier molecular flexibility index (Phi) is 14.6. The van der Waals surface area contributed by atoms with Gasteiger partial charge in [-0.05, 0) is 18.8 Å². The molecule has 1 N–H and O–H groups in total. The van der Waals surface area contributed by atoms with Crippen LogP contribution in [-0.2, 0) is 4.79 Å². The highest BCUT2D eigenvalue weighted by molar-refractivity contribution is 5.85. The molecule has 0 saturated heterocycles. The third kappa shape index (κ3) is 14.2. The number of carboxylic acids is 1. The van der Waals surface area contributed by atoms with Gasteiger partial charge in [-0.15, -0.1) is 0 Å². The maximum Gasteiger partial charge on any atom is 0.330 e. The van der Waals surface area contributed by atoms with Crippen LogP contribution in [0.5, 0.6) is 0 Å². The summed E-state index contributed by atoms with van der Waals surface area (Å²) in [7, 11) is 0. The van der Waals surface area contributed by atoms with Gasteiger partial charge in [-0.1, -0.05) is 97.5 Å². The minimum absolute atomic E-state index is 0.353. The Balaban J connectivity index is 3.25. The van der Waals surface area contributed by atoms with E-state index in [0.29, 0.717) is 17.9 Å². The Labute approximate surface area is 138 Å². The first-order chi connectivity index (χ1) is 10.6. The molecule has 2 heteroatoms. The highest BCUT2D eigenvalue weighted by atomic mass is 16.4. The van der Waals surface area contributed by atoms with E-state index >= 15 is 0 Å². The molecule has 0 fully saturated rings. The summed E-state index contributed by atoms with van der Waals surface area (Å²) in [5.41, 5.74) is 0.353. The highest BCUT2D eigenvalue weighted by Gasteiger charge is 2.07. The maximum atomic E-state index is 10.7. The van der Waals surface area contributed by atoms with E-state index in [9.17, 15) is 4.79 Å². The fourth-order valence-electron chi connectivity index (χ4n) is 2.83. The second-order valence-corrected chi connectivity index (χ2v) is 6.88. The number of aliphatic carboxylic acids is 1. The minimum atomic E-state index is -0.845. The lowest BCUT2D eigenvalue weighted by atomic mass is 9.95. The van der Waals surface area contributed by atoms with Gasteiger partial charge in [-0.2, -0.15) is 0 Å². The van der Waals surface area contributed by atoms with Crippen LogP contribution in [0.25, 0.3) is 0 Å². The van der Waals surface area contributed by atoms with Crippen LogP contribution in [0.3, 0.4) is 0 Å². The molecule has 0 aliphatic carbocycles. The Morgan fingerprint density at radius 3 is 1.77 bits per heavy atom. The average molecular weight is 311 g/mol. The quantitative estimate of drug-likeness (QED) is 0.253. The predicted molar refractivity (Wildman–Crippen MR) is 96.3 cm³/mol. The molecule has 22 heavy (non-hydrogen) atoms. The SMILES string of the molecule is C=C(CCC(C)CCCCCCCCCCCCC)C(=O)O. The molecule has 0 aliphatic heterocycles. The smallest absolute Gasteiger partial charge is 0.330 e. The molecule has 130 valence electrons. The Bertz CT molecular complexity index is 283. The van der Waals surface area contributed by atoms with Crippen LogP contribution in [0.1, 0.15) is 104 Å². The third-order valence-corrected chi connectivity index (χ3v) is 4.54. The minimum Gasteiger partial charge on any atom is -0.478 e. The molecule has 0 bridgehead atoms. The Morgan fingerprint density at radius 1 is 0.864 bits per heavy atom. The van der Waals surface area contributed by atoms with Gasteiger partial charge in [0, 0.05) is 5.57 Å². The van der Waals surface area contributed by atoms with Crippen molar-refractivity contribution in [1.29, 1.82) is 0 Å². The second-order valence-electron chi connectivity index (χ2n) is 6.88. The third-order valence-electron chi connectivity index (χ3n) is 4.54. The van der Waals surface area contributed by atoms with Crippen molar-refractivity contribution in [1.82, 2.24) is 0 Å². The Hall–Kier alpha value is -0.790. The molecular formula is C20H38O2. The summed E-state index contributed by atoms with van der Waals surface area (Å²) in [5, 5.41) is 8.77. The van der Waals surface area contributed by atoms with Crippen LogP contribution in [0.4, 0.5) is 0 Å². The molecule has 0 rings (SSSR count). The van der Waals surface area contributed by atoms with Crippen molar-refractivity contribution in [3.63, 3.8) is 0 Å². The normalized spacial score (nSPS) is 12.3. The van der Waals surface area contributed by atoms with Gasteiger partial charge < -0.3 is 5.11 Å². The summed E-state index contributed by atoms with van der Waals surface area (Å²) in [6.45, 7) is 8.08. The zero-order valence-corrected chi connectivity index (χ0v) is 15.0. The first kappa shape index (κ1) is 21.2. The van der Waals surface area contributed by atoms with Crippen LogP contribution in [-0.4, -0.2) is 11.1 Å². The standard InChI is InChI=1S/C20H38O2/c1-4-5-6-7-8-9-10-11-12-13-14-15-18(2)16-17-19(3)20(21)22/h18H,3-17H2,1-2H3,(H,21,22). The fourth-order valence-corrected chi connectivity index (χ4v) is 2.83. The molecule has 2 nitrogen and oxygen atoms in total. The van der Waals surface area contributed by atoms with Gasteiger partial charge in [0.15, 0.2) is 0 Å². The van der Waals surface area contributed by atoms with E-state index in [2.05, 4.69) is 20.4 Å². The molecule has 0 aliphatic rings. The van der Waals surface area contributed by atoms with Gasteiger partial charge in [-0.3, -0.25) is 0 Å². The van der Waals surface area contributed by atoms with E-state index in [-0.39, 0.29) is 0 Å². The van der Waals surface area contributed by atoms with Crippen LogP contribution >= 0.6 is 0 Å². The molecule has 0 aromatic heterocycles. The average Bonchev–Trinajstić information content (AvgIpc) is 2.50. The molecule has 0 radical (unpaired) electrons. The fraction of sp³-hybridized carbons (Fsp3) is 0.850. The van der Waals surface area contributed by atoms with Crippen LogP contribution in [0.2, 0.25) is 0 Å². The number of carboxylic acid groups (broad SMARTS) is 1. The zero-order chi connectivity index (χ0) is 16.6. The van der Waals surface area contributed by atoms with Crippen molar-refractivity contribution in [3.05, 3.63) is 12.2 Å². The van der Waals surface area contributed by atoms with Crippen LogP contribution < -0.4 is 0 Å². The summed E-state index contributed by atoms with van der Waals surface area (Å²) in [5.74, 6) is -0.225. The van der Waals surface area contributed by atoms with Crippen molar-refractivity contribution < 1.29 is 9.90 Å². The van der Waals surface area contributed by atoms with Gasteiger partial charge in [-0.25, -0.2) is 4.79 Å². The van der Waals surface area contributed by atoms with Crippen LogP contribution in [0, 0.1) is 5.92 Å². The lowest BCUT2D eigenvalue weighted by Crippen LogP contribution is -2.02.